The first kappa shape index (κ1) is 16.2. The summed E-state index contributed by atoms with van der Waals surface area (Å²) in [5.41, 5.74) is 0. The highest BCUT2D eigenvalue weighted by molar-refractivity contribution is 5.73. The maximum Gasteiger partial charge on any atom is 0.317 e. The van der Waals surface area contributed by atoms with E-state index in [0.717, 1.165) is 52.2 Å². The first-order chi connectivity index (χ1) is 9.21. The van der Waals surface area contributed by atoms with E-state index in [1.165, 1.54) is 13.1 Å². The van der Waals surface area contributed by atoms with Crippen LogP contribution in [0.15, 0.2) is 0 Å². The topological polar surface area (TPSA) is 38.8 Å². The summed E-state index contributed by atoms with van der Waals surface area (Å²) in [6, 6.07) is 0.0702. The molecule has 2 amide bonds. The molecule has 0 unspecified atom stereocenters. The third kappa shape index (κ3) is 5.78. The van der Waals surface area contributed by atoms with Crippen molar-refractivity contribution in [2.75, 3.05) is 58.9 Å². The maximum absolute atomic E-state index is 11.7. The summed E-state index contributed by atoms with van der Waals surface area (Å²) in [5.74, 6) is 0. The summed E-state index contributed by atoms with van der Waals surface area (Å²) in [6.07, 6.45) is 1.04. The SMILES string of the molecule is CCN1CCN(CCCNC(=O)N(CC)CC)CC1. The normalized spacial score (nSPS) is 17.4. The Bertz CT molecular complexity index is 248. The van der Waals surface area contributed by atoms with Crippen molar-refractivity contribution in [3.8, 4) is 0 Å². The van der Waals surface area contributed by atoms with Crippen LogP contribution in [-0.4, -0.2) is 79.6 Å². The number of rotatable bonds is 7. The van der Waals surface area contributed by atoms with Crippen molar-refractivity contribution in [2.24, 2.45) is 0 Å². The molecule has 1 aliphatic heterocycles. The van der Waals surface area contributed by atoms with Gasteiger partial charge in [0.2, 0.25) is 0 Å². The molecule has 0 radical (unpaired) electrons. The second kappa shape index (κ2) is 9.15. The standard InChI is InChI=1S/C14H30N4O/c1-4-16-10-12-17(13-11-16)9-7-8-15-14(19)18(5-2)6-3/h4-13H2,1-3H3,(H,15,19). The summed E-state index contributed by atoms with van der Waals surface area (Å²) in [5, 5.41) is 2.99. The zero-order valence-corrected chi connectivity index (χ0v) is 12.8. The second-order valence-electron chi connectivity index (χ2n) is 5.03. The van der Waals surface area contributed by atoms with Gasteiger partial charge in [-0.1, -0.05) is 6.92 Å². The van der Waals surface area contributed by atoms with Crippen molar-refractivity contribution in [1.29, 1.82) is 0 Å². The molecule has 0 aromatic carbocycles. The molecule has 5 nitrogen and oxygen atoms in total. The minimum Gasteiger partial charge on any atom is -0.338 e. The molecule has 0 aromatic rings. The molecule has 0 atom stereocenters. The lowest BCUT2D eigenvalue weighted by Gasteiger charge is -2.34. The number of piperazine rings is 1. The number of carbonyl (C=O) groups excluding carboxylic acids is 1. The Morgan fingerprint density at radius 3 is 2.16 bits per heavy atom. The third-order valence-electron chi connectivity index (χ3n) is 3.89. The van der Waals surface area contributed by atoms with Crippen LogP contribution < -0.4 is 5.32 Å². The number of amides is 2. The molecule has 1 fully saturated rings. The molecule has 5 heteroatoms. The van der Waals surface area contributed by atoms with E-state index in [1.807, 2.05) is 18.7 Å². The van der Waals surface area contributed by atoms with E-state index in [0.29, 0.717) is 0 Å². The van der Waals surface area contributed by atoms with Gasteiger partial charge in [-0.25, -0.2) is 4.79 Å². The van der Waals surface area contributed by atoms with E-state index in [2.05, 4.69) is 22.0 Å². The third-order valence-corrected chi connectivity index (χ3v) is 3.89. The molecule has 1 heterocycles. The molecule has 1 N–H and O–H groups in total. The molecule has 112 valence electrons. The van der Waals surface area contributed by atoms with Crippen LogP contribution in [0.25, 0.3) is 0 Å². The van der Waals surface area contributed by atoms with E-state index < -0.39 is 0 Å². The molecule has 1 aliphatic rings. The van der Waals surface area contributed by atoms with Crippen LogP contribution in [0.2, 0.25) is 0 Å². The highest BCUT2D eigenvalue weighted by Gasteiger charge is 2.14. The van der Waals surface area contributed by atoms with Gasteiger partial charge in [-0.2, -0.15) is 0 Å². The molecule has 0 aliphatic carbocycles. The highest BCUT2D eigenvalue weighted by Crippen LogP contribution is 2.01. The first-order valence-corrected chi connectivity index (χ1v) is 7.68. The minimum atomic E-state index is 0.0702. The van der Waals surface area contributed by atoms with Gasteiger partial charge in [0, 0.05) is 45.8 Å². The zero-order chi connectivity index (χ0) is 14.1. The van der Waals surface area contributed by atoms with Crippen molar-refractivity contribution < 1.29 is 4.79 Å². The van der Waals surface area contributed by atoms with Gasteiger partial charge in [0.05, 0.1) is 0 Å². The molecular weight excluding hydrogens is 240 g/mol. The Labute approximate surface area is 117 Å². The lowest BCUT2D eigenvalue weighted by molar-refractivity contribution is 0.136. The van der Waals surface area contributed by atoms with Crippen LogP contribution in [0.4, 0.5) is 4.79 Å². The van der Waals surface area contributed by atoms with E-state index in [1.54, 1.807) is 0 Å². The molecule has 0 spiro atoms. The van der Waals surface area contributed by atoms with Gasteiger partial charge < -0.3 is 20.0 Å². The van der Waals surface area contributed by atoms with Crippen molar-refractivity contribution in [3.05, 3.63) is 0 Å². The number of urea groups is 1. The minimum absolute atomic E-state index is 0.0702. The van der Waals surface area contributed by atoms with Gasteiger partial charge in [0.1, 0.15) is 0 Å². The summed E-state index contributed by atoms with van der Waals surface area (Å²) in [4.78, 5) is 18.5. The molecule has 1 rings (SSSR count). The van der Waals surface area contributed by atoms with E-state index >= 15 is 0 Å². The van der Waals surface area contributed by atoms with Crippen molar-refractivity contribution in [1.82, 2.24) is 20.0 Å². The van der Waals surface area contributed by atoms with Gasteiger partial charge in [0.25, 0.3) is 0 Å². The van der Waals surface area contributed by atoms with Gasteiger partial charge in [-0.05, 0) is 33.4 Å². The van der Waals surface area contributed by atoms with Gasteiger partial charge in [-0.3, -0.25) is 0 Å². The smallest absolute Gasteiger partial charge is 0.317 e. The highest BCUT2D eigenvalue weighted by atomic mass is 16.2. The Hall–Kier alpha value is -0.810. The van der Waals surface area contributed by atoms with E-state index in [9.17, 15) is 4.79 Å². The second-order valence-corrected chi connectivity index (χ2v) is 5.03. The maximum atomic E-state index is 11.7. The van der Waals surface area contributed by atoms with Crippen LogP contribution in [0.1, 0.15) is 27.2 Å². The molecular formula is C14H30N4O. The average molecular weight is 270 g/mol. The predicted molar refractivity (Wildman–Crippen MR) is 79.5 cm³/mol. The fraction of sp³-hybridized carbons (Fsp3) is 0.929. The van der Waals surface area contributed by atoms with E-state index in [-0.39, 0.29) is 6.03 Å². The van der Waals surface area contributed by atoms with Gasteiger partial charge in [-0.15, -0.1) is 0 Å². The largest absolute Gasteiger partial charge is 0.338 e. The van der Waals surface area contributed by atoms with Crippen LogP contribution in [-0.2, 0) is 0 Å². The first-order valence-electron chi connectivity index (χ1n) is 7.68. The Kier molecular flexibility index (Phi) is 7.82. The van der Waals surface area contributed by atoms with Crippen LogP contribution in [0, 0.1) is 0 Å². The Balaban J connectivity index is 2.06. The van der Waals surface area contributed by atoms with Crippen LogP contribution in [0.5, 0.6) is 0 Å². The van der Waals surface area contributed by atoms with Crippen molar-refractivity contribution in [3.63, 3.8) is 0 Å². The molecule has 0 saturated carbocycles. The van der Waals surface area contributed by atoms with Gasteiger partial charge in [0.15, 0.2) is 0 Å². The Morgan fingerprint density at radius 2 is 1.63 bits per heavy atom. The van der Waals surface area contributed by atoms with Crippen LogP contribution in [0.3, 0.4) is 0 Å². The lowest BCUT2D eigenvalue weighted by Crippen LogP contribution is -2.47. The summed E-state index contributed by atoms with van der Waals surface area (Å²) in [7, 11) is 0. The number of hydrogen-bond acceptors (Lipinski definition) is 3. The van der Waals surface area contributed by atoms with Gasteiger partial charge >= 0.3 is 6.03 Å². The fourth-order valence-corrected chi connectivity index (χ4v) is 2.45. The monoisotopic (exact) mass is 270 g/mol. The molecule has 0 aromatic heterocycles. The molecule has 1 saturated heterocycles. The number of carbonyl (C=O) groups is 1. The van der Waals surface area contributed by atoms with Crippen molar-refractivity contribution in [2.45, 2.75) is 27.2 Å². The number of hydrogen-bond donors (Lipinski definition) is 1. The molecule has 19 heavy (non-hydrogen) atoms. The fourth-order valence-electron chi connectivity index (χ4n) is 2.45. The average Bonchev–Trinajstić information content (AvgIpc) is 2.45. The zero-order valence-electron chi connectivity index (χ0n) is 12.8. The quantitative estimate of drug-likeness (QED) is 0.703. The van der Waals surface area contributed by atoms with E-state index in [4.69, 9.17) is 0 Å². The number of likely N-dealkylation sites (N-methyl/N-ethyl adjacent to an activating group) is 1. The predicted octanol–water partition coefficient (Wildman–Crippen LogP) is 1.07. The summed E-state index contributed by atoms with van der Waals surface area (Å²) in [6.45, 7) is 15.5. The Morgan fingerprint density at radius 1 is 1.05 bits per heavy atom. The number of nitrogens with one attached hydrogen (secondary N) is 1. The number of nitrogens with zero attached hydrogens (tertiary/aromatic N) is 3. The van der Waals surface area contributed by atoms with Crippen LogP contribution >= 0.6 is 0 Å². The molecule has 0 bridgehead atoms. The summed E-state index contributed by atoms with van der Waals surface area (Å²) < 4.78 is 0. The summed E-state index contributed by atoms with van der Waals surface area (Å²) >= 11 is 0. The van der Waals surface area contributed by atoms with Crippen molar-refractivity contribution >= 4 is 6.03 Å². The lowest BCUT2D eigenvalue weighted by atomic mass is 10.3.